The normalized spacial score (nSPS) is 11.5. The number of fused-ring (bicyclic) bond motifs is 1. The highest BCUT2D eigenvalue weighted by Crippen LogP contribution is 2.32. The second-order valence-electron chi connectivity index (χ2n) is 3.73. The predicted octanol–water partition coefficient (Wildman–Crippen LogP) is 1.78. The Morgan fingerprint density at radius 1 is 1.53 bits per heavy atom. The van der Waals surface area contributed by atoms with Gasteiger partial charge in [0.1, 0.15) is 5.69 Å². The molecule has 100 valence electrons. The molecule has 0 spiro atoms. The molecule has 0 fully saturated rings. The third-order valence-corrected chi connectivity index (χ3v) is 2.40. The van der Waals surface area contributed by atoms with Crippen LogP contribution in [0, 0.1) is 0 Å². The molecule has 0 radical (unpaired) electrons. The molecule has 0 aromatic carbocycles. The number of hydrogen-bond donors (Lipinski definition) is 2. The van der Waals surface area contributed by atoms with Crippen molar-refractivity contribution in [3.63, 3.8) is 0 Å². The zero-order chi connectivity index (χ0) is 14.0. The first-order valence-electron chi connectivity index (χ1n) is 5.22. The summed E-state index contributed by atoms with van der Waals surface area (Å²) in [5.41, 5.74) is -0.535. The molecule has 2 rings (SSSR count). The molecule has 0 unspecified atom stereocenters. The number of halogens is 3. The summed E-state index contributed by atoms with van der Waals surface area (Å²) in [5.74, 6) is -0.414. The molecule has 0 bridgehead atoms. The van der Waals surface area contributed by atoms with Gasteiger partial charge in [-0.15, -0.1) is 0 Å². The summed E-state index contributed by atoms with van der Waals surface area (Å²) in [7, 11) is 0. The molecule has 0 atom stereocenters. The van der Waals surface area contributed by atoms with Gasteiger partial charge in [-0.3, -0.25) is 9.89 Å². The van der Waals surface area contributed by atoms with Crippen LogP contribution in [0.3, 0.4) is 0 Å². The average molecular weight is 270 g/mol. The first-order chi connectivity index (χ1) is 8.91. The number of hydrogen-bond acceptors (Lipinski definition) is 3. The molecule has 2 heterocycles. The molecule has 0 saturated carbocycles. The number of alkyl halides is 3. The van der Waals surface area contributed by atoms with E-state index >= 15 is 0 Å². The number of nitrogens with one attached hydrogen (secondary N) is 2. The summed E-state index contributed by atoms with van der Waals surface area (Å²) in [6.07, 6.45) is -2.10. The van der Waals surface area contributed by atoms with E-state index in [2.05, 4.69) is 22.0 Å². The summed E-state index contributed by atoms with van der Waals surface area (Å²) in [4.78, 5) is 14.8. The van der Waals surface area contributed by atoms with E-state index in [4.69, 9.17) is 0 Å². The lowest BCUT2D eigenvalue weighted by atomic mass is 10.2. The molecule has 5 nitrogen and oxygen atoms in total. The fourth-order valence-corrected chi connectivity index (χ4v) is 1.52. The van der Waals surface area contributed by atoms with E-state index in [0.717, 1.165) is 6.08 Å². The molecule has 0 aliphatic carbocycles. The van der Waals surface area contributed by atoms with Gasteiger partial charge >= 0.3 is 6.18 Å². The number of amides is 1. The molecule has 8 heteroatoms. The second-order valence-corrected chi connectivity index (χ2v) is 3.73. The van der Waals surface area contributed by atoms with Gasteiger partial charge < -0.3 is 5.32 Å². The topological polar surface area (TPSA) is 70.7 Å². The third-order valence-electron chi connectivity index (χ3n) is 2.40. The van der Waals surface area contributed by atoms with Gasteiger partial charge in [0.2, 0.25) is 5.91 Å². The lowest BCUT2D eigenvalue weighted by Gasteiger charge is -2.05. The van der Waals surface area contributed by atoms with Crippen LogP contribution in [-0.2, 0) is 17.5 Å². The highest BCUT2D eigenvalue weighted by atomic mass is 19.4. The summed E-state index contributed by atoms with van der Waals surface area (Å²) >= 11 is 0. The van der Waals surface area contributed by atoms with Crippen molar-refractivity contribution in [3.8, 4) is 0 Å². The van der Waals surface area contributed by atoms with E-state index in [1.807, 2.05) is 5.10 Å². The smallest absolute Gasteiger partial charge is 0.348 e. The van der Waals surface area contributed by atoms with Crippen molar-refractivity contribution >= 4 is 16.9 Å². The zero-order valence-electron chi connectivity index (χ0n) is 9.58. The van der Waals surface area contributed by atoms with E-state index in [1.165, 1.54) is 12.3 Å². The molecule has 2 aromatic heterocycles. The van der Waals surface area contributed by atoms with Crippen LogP contribution in [0.1, 0.15) is 11.3 Å². The number of carbonyl (C=O) groups is 1. The number of pyridine rings is 1. The van der Waals surface area contributed by atoms with Gasteiger partial charge in [0, 0.05) is 12.7 Å². The van der Waals surface area contributed by atoms with Gasteiger partial charge in [-0.1, -0.05) is 6.58 Å². The number of aromatic amines is 1. The lowest BCUT2D eigenvalue weighted by Crippen LogP contribution is -2.20. The van der Waals surface area contributed by atoms with Gasteiger partial charge in [-0.25, -0.2) is 4.98 Å². The summed E-state index contributed by atoms with van der Waals surface area (Å²) in [5, 5.41) is 7.72. The van der Waals surface area contributed by atoms with E-state index in [1.54, 1.807) is 0 Å². The monoisotopic (exact) mass is 270 g/mol. The Bertz CT molecular complexity index is 632. The minimum Gasteiger partial charge on any atom is -0.348 e. The highest BCUT2D eigenvalue weighted by Gasteiger charge is 2.35. The Labute approximate surface area is 105 Å². The molecule has 2 aromatic rings. The van der Waals surface area contributed by atoms with E-state index in [0.29, 0.717) is 5.56 Å². The molecule has 19 heavy (non-hydrogen) atoms. The van der Waals surface area contributed by atoms with Crippen LogP contribution in [0.25, 0.3) is 11.0 Å². The van der Waals surface area contributed by atoms with E-state index in [9.17, 15) is 18.0 Å². The Morgan fingerprint density at radius 3 is 2.89 bits per heavy atom. The zero-order valence-corrected chi connectivity index (χ0v) is 9.58. The fraction of sp³-hybridized carbons (Fsp3) is 0.182. The number of rotatable bonds is 3. The van der Waals surface area contributed by atoms with Crippen molar-refractivity contribution in [3.05, 3.63) is 36.2 Å². The first-order valence-corrected chi connectivity index (χ1v) is 5.22. The standard InChI is InChI=1S/C11H9F3N4O/c1-2-8(19)15-4-6-3-7-9(11(12,13)14)17-18-10(7)16-5-6/h2-3,5H,1,4H2,(H,15,19)(H,16,17,18). The highest BCUT2D eigenvalue weighted by molar-refractivity contribution is 5.86. The second kappa shape index (κ2) is 4.71. The van der Waals surface area contributed by atoms with Gasteiger partial charge in [0.15, 0.2) is 5.65 Å². The van der Waals surface area contributed by atoms with Crippen molar-refractivity contribution < 1.29 is 18.0 Å². The Morgan fingerprint density at radius 2 is 2.26 bits per heavy atom. The molecular weight excluding hydrogens is 261 g/mol. The molecule has 0 aliphatic rings. The van der Waals surface area contributed by atoms with Crippen LogP contribution in [0.4, 0.5) is 13.2 Å². The minimum absolute atomic E-state index is 0.0221. The van der Waals surface area contributed by atoms with Crippen LogP contribution in [-0.4, -0.2) is 21.1 Å². The van der Waals surface area contributed by atoms with Crippen molar-refractivity contribution in [1.82, 2.24) is 20.5 Å². The third kappa shape index (κ3) is 2.72. The van der Waals surface area contributed by atoms with Crippen LogP contribution < -0.4 is 5.32 Å². The quantitative estimate of drug-likeness (QED) is 0.835. The first kappa shape index (κ1) is 13.1. The van der Waals surface area contributed by atoms with Crippen LogP contribution in [0.5, 0.6) is 0 Å². The Balaban J connectivity index is 2.33. The van der Waals surface area contributed by atoms with Gasteiger partial charge in [0.05, 0.1) is 5.39 Å². The van der Waals surface area contributed by atoms with Crippen molar-refractivity contribution in [1.29, 1.82) is 0 Å². The average Bonchev–Trinajstić information content (AvgIpc) is 2.78. The summed E-state index contributed by atoms with van der Waals surface area (Å²) in [6, 6.07) is 1.29. The molecule has 2 N–H and O–H groups in total. The van der Waals surface area contributed by atoms with E-state index in [-0.39, 0.29) is 17.6 Å². The van der Waals surface area contributed by atoms with Crippen LogP contribution in [0.15, 0.2) is 24.9 Å². The molecule has 0 aliphatic heterocycles. The fourth-order valence-electron chi connectivity index (χ4n) is 1.52. The summed E-state index contributed by atoms with van der Waals surface area (Å²) in [6.45, 7) is 3.34. The van der Waals surface area contributed by atoms with Crippen LogP contribution >= 0.6 is 0 Å². The maximum atomic E-state index is 12.7. The number of carbonyl (C=O) groups excluding carboxylic acids is 1. The number of nitrogens with zero attached hydrogens (tertiary/aromatic N) is 2. The Hall–Kier alpha value is -2.38. The summed E-state index contributed by atoms with van der Waals surface area (Å²) < 4.78 is 38.0. The van der Waals surface area contributed by atoms with Gasteiger partial charge in [0.25, 0.3) is 0 Å². The van der Waals surface area contributed by atoms with E-state index < -0.39 is 17.8 Å². The van der Waals surface area contributed by atoms with Crippen LogP contribution in [0.2, 0.25) is 0 Å². The van der Waals surface area contributed by atoms with Crippen molar-refractivity contribution in [2.75, 3.05) is 0 Å². The van der Waals surface area contributed by atoms with Crippen molar-refractivity contribution in [2.24, 2.45) is 0 Å². The minimum atomic E-state index is -4.53. The van der Waals surface area contributed by atoms with Gasteiger partial charge in [-0.2, -0.15) is 18.3 Å². The largest absolute Gasteiger partial charge is 0.433 e. The Kier molecular flexibility index (Phi) is 3.24. The number of aromatic nitrogens is 3. The molecule has 1 amide bonds. The predicted molar refractivity (Wildman–Crippen MR) is 60.9 cm³/mol. The lowest BCUT2D eigenvalue weighted by molar-refractivity contribution is -0.140. The van der Waals surface area contributed by atoms with Gasteiger partial charge in [-0.05, 0) is 17.7 Å². The maximum absolute atomic E-state index is 12.7. The molecule has 0 saturated heterocycles. The maximum Gasteiger partial charge on any atom is 0.433 e. The SMILES string of the molecule is C=CC(=O)NCc1cnc2n[nH]c(C(F)(F)F)c2c1. The molecular formula is C11H9F3N4O. The number of H-pyrrole nitrogens is 1. The van der Waals surface area contributed by atoms with Crippen molar-refractivity contribution in [2.45, 2.75) is 12.7 Å².